The van der Waals surface area contributed by atoms with Gasteiger partial charge in [-0.3, -0.25) is 0 Å². The Morgan fingerprint density at radius 3 is 2.86 bits per heavy atom. The predicted octanol–water partition coefficient (Wildman–Crippen LogP) is 2.61. The van der Waals surface area contributed by atoms with Gasteiger partial charge in [0.25, 0.3) is 0 Å². The maximum absolute atomic E-state index is 9.52. The fraction of sp³-hybridized carbons (Fsp3) is 0.333. The van der Waals surface area contributed by atoms with Gasteiger partial charge in [-0.15, -0.1) is 0 Å². The predicted molar refractivity (Wildman–Crippen MR) is 57.5 cm³/mol. The van der Waals surface area contributed by atoms with Gasteiger partial charge < -0.3 is 9.84 Å². The second-order valence-electron chi connectivity index (χ2n) is 3.32. The maximum Gasteiger partial charge on any atom is 0.125 e. The molecule has 0 fully saturated rings. The van der Waals surface area contributed by atoms with Crippen LogP contribution >= 0.6 is 0 Å². The molecule has 0 radical (unpaired) electrons. The lowest BCUT2D eigenvalue weighted by atomic mass is 10.1. The monoisotopic (exact) mass is 192 g/mol. The lowest BCUT2D eigenvalue weighted by Crippen LogP contribution is -2.00. The van der Waals surface area contributed by atoms with E-state index in [1.165, 1.54) is 0 Å². The number of aliphatic hydroxyl groups is 1. The third kappa shape index (κ3) is 2.60. The van der Waals surface area contributed by atoms with Crippen LogP contribution in [0.4, 0.5) is 0 Å². The zero-order chi connectivity index (χ0) is 10.6. The van der Waals surface area contributed by atoms with Gasteiger partial charge in [-0.25, -0.2) is 0 Å². The van der Waals surface area contributed by atoms with Gasteiger partial charge in [-0.05, 0) is 26.0 Å². The van der Waals surface area contributed by atoms with Gasteiger partial charge in [0.05, 0.1) is 6.10 Å². The van der Waals surface area contributed by atoms with Crippen molar-refractivity contribution in [1.29, 1.82) is 0 Å². The summed E-state index contributed by atoms with van der Waals surface area (Å²) in [4.78, 5) is 0. The van der Waals surface area contributed by atoms with Crippen LogP contribution in [-0.2, 0) is 0 Å². The van der Waals surface area contributed by atoms with E-state index >= 15 is 0 Å². The molecule has 1 N–H and O–H groups in total. The van der Waals surface area contributed by atoms with Crippen LogP contribution in [0.25, 0.3) is 0 Å². The van der Waals surface area contributed by atoms with Crippen molar-refractivity contribution in [2.75, 3.05) is 6.61 Å². The van der Waals surface area contributed by atoms with E-state index in [1.54, 1.807) is 13.0 Å². The molecule has 1 atom stereocenters. The van der Waals surface area contributed by atoms with E-state index in [9.17, 15) is 5.11 Å². The van der Waals surface area contributed by atoms with Crippen LogP contribution < -0.4 is 4.74 Å². The Bertz CT molecular complexity index is 316. The molecule has 14 heavy (non-hydrogen) atoms. The molecule has 76 valence electrons. The normalized spacial score (nSPS) is 12.2. The van der Waals surface area contributed by atoms with Gasteiger partial charge in [0.2, 0.25) is 0 Å². The molecular formula is C12H16O2. The number of aliphatic hydroxyl groups excluding tert-OH is 1. The molecule has 1 aromatic carbocycles. The summed E-state index contributed by atoms with van der Waals surface area (Å²) in [6.45, 7) is 7.76. The van der Waals surface area contributed by atoms with Crippen LogP contribution in [0.5, 0.6) is 5.75 Å². The van der Waals surface area contributed by atoms with Crippen molar-refractivity contribution in [3.8, 4) is 5.75 Å². The third-order valence-electron chi connectivity index (χ3n) is 1.97. The van der Waals surface area contributed by atoms with E-state index in [0.29, 0.717) is 6.61 Å². The molecule has 0 saturated carbocycles. The number of ether oxygens (including phenoxy) is 1. The van der Waals surface area contributed by atoms with Crippen molar-refractivity contribution >= 4 is 0 Å². The number of rotatable bonds is 4. The van der Waals surface area contributed by atoms with E-state index in [4.69, 9.17) is 4.74 Å². The van der Waals surface area contributed by atoms with Gasteiger partial charge in [0, 0.05) is 5.56 Å². The smallest absolute Gasteiger partial charge is 0.125 e. The Labute approximate surface area is 84.8 Å². The van der Waals surface area contributed by atoms with E-state index < -0.39 is 6.10 Å². The number of hydrogen-bond acceptors (Lipinski definition) is 2. The summed E-state index contributed by atoms with van der Waals surface area (Å²) in [5.74, 6) is 0.727. The Kier molecular flexibility index (Phi) is 3.72. The first kappa shape index (κ1) is 10.8. The molecule has 0 aliphatic rings. The van der Waals surface area contributed by atoms with Crippen LogP contribution in [0.2, 0.25) is 0 Å². The second-order valence-corrected chi connectivity index (χ2v) is 3.32. The van der Waals surface area contributed by atoms with Gasteiger partial charge >= 0.3 is 0 Å². The van der Waals surface area contributed by atoms with Crippen molar-refractivity contribution in [1.82, 2.24) is 0 Å². The molecule has 0 heterocycles. The van der Waals surface area contributed by atoms with Gasteiger partial charge in [0.1, 0.15) is 12.4 Å². The molecule has 0 aliphatic heterocycles. The first-order chi connectivity index (χ1) is 6.65. The lowest BCUT2D eigenvalue weighted by molar-refractivity contribution is 0.193. The Balaban J connectivity index is 2.95. The van der Waals surface area contributed by atoms with Crippen LogP contribution in [0.15, 0.2) is 30.9 Å². The SMILES string of the molecule is C=CCOc1ccc(C)cc1[C@@H](C)O. The zero-order valence-corrected chi connectivity index (χ0v) is 8.66. The van der Waals surface area contributed by atoms with Crippen LogP contribution in [-0.4, -0.2) is 11.7 Å². The quantitative estimate of drug-likeness (QED) is 0.743. The molecule has 0 saturated heterocycles. The minimum absolute atomic E-state index is 0.461. The fourth-order valence-electron chi connectivity index (χ4n) is 1.27. The Morgan fingerprint density at radius 1 is 1.57 bits per heavy atom. The summed E-state index contributed by atoms with van der Waals surface area (Å²) in [5.41, 5.74) is 1.94. The van der Waals surface area contributed by atoms with Crippen LogP contribution in [0, 0.1) is 6.92 Å². The molecule has 0 amide bonds. The molecule has 0 spiro atoms. The summed E-state index contributed by atoms with van der Waals surface area (Å²) in [7, 11) is 0. The molecule has 2 nitrogen and oxygen atoms in total. The van der Waals surface area contributed by atoms with Crippen molar-refractivity contribution < 1.29 is 9.84 Å². The number of aryl methyl sites for hydroxylation is 1. The van der Waals surface area contributed by atoms with Crippen molar-refractivity contribution in [2.24, 2.45) is 0 Å². The zero-order valence-electron chi connectivity index (χ0n) is 8.66. The van der Waals surface area contributed by atoms with Crippen molar-refractivity contribution in [3.63, 3.8) is 0 Å². The van der Waals surface area contributed by atoms with Crippen molar-refractivity contribution in [2.45, 2.75) is 20.0 Å². The number of hydrogen-bond donors (Lipinski definition) is 1. The first-order valence-electron chi connectivity index (χ1n) is 4.67. The van der Waals surface area contributed by atoms with E-state index in [0.717, 1.165) is 16.9 Å². The summed E-state index contributed by atoms with van der Waals surface area (Å²) >= 11 is 0. The van der Waals surface area contributed by atoms with Crippen LogP contribution in [0.3, 0.4) is 0 Å². The molecule has 0 aliphatic carbocycles. The van der Waals surface area contributed by atoms with E-state index in [-0.39, 0.29) is 0 Å². The highest BCUT2D eigenvalue weighted by atomic mass is 16.5. The largest absolute Gasteiger partial charge is 0.489 e. The highest BCUT2D eigenvalue weighted by Crippen LogP contribution is 2.26. The molecule has 0 bridgehead atoms. The standard InChI is InChI=1S/C12H16O2/c1-4-7-14-12-6-5-9(2)8-11(12)10(3)13/h4-6,8,10,13H,1,7H2,2-3H3/t10-/m1/s1. The highest BCUT2D eigenvalue weighted by molar-refractivity contribution is 5.38. The topological polar surface area (TPSA) is 29.5 Å². The Morgan fingerprint density at radius 2 is 2.29 bits per heavy atom. The summed E-state index contributed by atoms with van der Waals surface area (Å²) in [6, 6.07) is 5.77. The van der Waals surface area contributed by atoms with Gasteiger partial charge in [0.15, 0.2) is 0 Å². The minimum Gasteiger partial charge on any atom is -0.489 e. The van der Waals surface area contributed by atoms with Crippen molar-refractivity contribution in [3.05, 3.63) is 42.0 Å². The molecular weight excluding hydrogens is 176 g/mol. The van der Waals surface area contributed by atoms with E-state index in [2.05, 4.69) is 6.58 Å². The van der Waals surface area contributed by atoms with Gasteiger partial charge in [-0.1, -0.05) is 24.3 Å². The maximum atomic E-state index is 9.52. The molecule has 1 rings (SSSR count). The molecule has 1 aromatic rings. The molecule has 2 heteroatoms. The minimum atomic E-state index is -0.505. The average Bonchev–Trinajstić information content (AvgIpc) is 2.15. The lowest BCUT2D eigenvalue weighted by Gasteiger charge is -2.12. The average molecular weight is 192 g/mol. The second kappa shape index (κ2) is 4.82. The van der Waals surface area contributed by atoms with E-state index in [1.807, 2.05) is 25.1 Å². The summed E-state index contributed by atoms with van der Waals surface area (Å²) in [6.07, 6.45) is 1.18. The summed E-state index contributed by atoms with van der Waals surface area (Å²) in [5, 5.41) is 9.52. The summed E-state index contributed by atoms with van der Waals surface area (Å²) < 4.78 is 5.42. The van der Waals surface area contributed by atoms with Crippen LogP contribution in [0.1, 0.15) is 24.2 Å². The number of benzene rings is 1. The van der Waals surface area contributed by atoms with Gasteiger partial charge in [-0.2, -0.15) is 0 Å². The fourth-order valence-corrected chi connectivity index (χ4v) is 1.27. The molecule has 0 unspecified atom stereocenters. The Hall–Kier alpha value is -1.28. The molecule has 0 aromatic heterocycles. The first-order valence-corrected chi connectivity index (χ1v) is 4.67. The third-order valence-corrected chi connectivity index (χ3v) is 1.97. The highest BCUT2D eigenvalue weighted by Gasteiger charge is 2.08.